The van der Waals surface area contributed by atoms with E-state index in [-0.39, 0.29) is 22.4 Å². The van der Waals surface area contributed by atoms with Crippen molar-refractivity contribution in [2.24, 2.45) is 0 Å². The maximum absolute atomic E-state index is 13.6. The van der Waals surface area contributed by atoms with E-state index in [0.717, 1.165) is 30.5 Å². The lowest BCUT2D eigenvalue weighted by Gasteiger charge is -2.47. The van der Waals surface area contributed by atoms with Crippen LogP contribution in [0.15, 0.2) is 41.5 Å². The molecule has 0 N–H and O–H groups in total. The molecule has 0 amide bonds. The normalized spacial score (nSPS) is 24.1. The molecule has 0 radical (unpaired) electrons. The summed E-state index contributed by atoms with van der Waals surface area (Å²) in [4.78, 5) is 13.6. The van der Waals surface area contributed by atoms with Gasteiger partial charge in [0.05, 0.1) is 10.9 Å². The Morgan fingerprint density at radius 3 is 2.50 bits per heavy atom. The van der Waals surface area contributed by atoms with Crippen molar-refractivity contribution in [2.75, 3.05) is 0 Å². The van der Waals surface area contributed by atoms with Crippen molar-refractivity contribution in [3.63, 3.8) is 0 Å². The van der Waals surface area contributed by atoms with Crippen LogP contribution in [0.5, 0.6) is 0 Å². The van der Waals surface area contributed by atoms with E-state index in [2.05, 4.69) is 76.6 Å². The number of rotatable bonds is 7. The van der Waals surface area contributed by atoms with E-state index < -0.39 is 0 Å². The zero-order valence-electron chi connectivity index (χ0n) is 19.6. The van der Waals surface area contributed by atoms with E-state index in [1.54, 1.807) is 0 Å². The number of nitrogens with zero attached hydrogens (tertiary/aromatic N) is 2. The molecule has 4 rings (SSSR count). The predicted molar refractivity (Wildman–Crippen MR) is 126 cm³/mol. The average Bonchev–Trinajstić information content (AvgIpc) is 2.76. The van der Waals surface area contributed by atoms with Gasteiger partial charge in [-0.3, -0.25) is 0 Å². The van der Waals surface area contributed by atoms with Gasteiger partial charge in [-0.25, -0.2) is 9.36 Å². The molecule has 0 spiro atoms. The Morgan fingerprint density at radius 2 is 1.83 bits per heavy atom. The third-order valence-electron chi connectivity index (χ3n) is 8.40. The molecule has 3 atom stereocenters. The Kier molecular flexibility index (Phi) is 5.28. The SMILES string of the molecule is CCCCCC(C)c1c[n+]2c3c4c(cccc4ccn3c1=O)C(C)(CC)C2(C)CC. The van der Waals surface area contributed by atoms with E-state index in [1.165, 1.54) is 35.6 Å². The van der Waals surface area contributed by atoms with Crippen LogP contribution in [0.2, 0.25) is 0 Å². The summed E-state index contributed by atoms with van der Waals surface area (Å²) in [5, 5.41) is 2.47. The quantitative estimate of drug-likeness (QED) is 0.260. The molecule has 0 saturated carbocycles. The second-order valence-electron chi connectivity index (χ2n) is 9.75. The lowest BCUT2D eigenvalue weighted by atomic mass is 9.61. The highest BCUT2D eigenvalue weighted by Crippen LogP contribution is 2.48. The molecular weight excluding hydrogens is 368 g/mol. The number of hydrogen-bond acceptors (Lipinski definition) is 1. The van der Waals surface area contributed by atoms with Crippen LogP contribution in [0, 0.1) is 0 Å². The standard InChI is InChI=1S/C27H37N2O/c1-7-10-11-13-19(4)21-18-29-24-23-20(16-17-28(24)25(21)30)14-12-15-22(23)26(5,8-2)27(29,6)9-3/h12,14-19H,7-11,13H2,1-6H3/q+1. The molecule has 0 aliphatic carbocycles. The average molecular weight is 406 g/mol. The molecule has 1 aliphatic heterocycles. The van der Waals surface area contributed by atoms with Crippen LogP contribution in [0.3, 0.4) is 0 Å². The highest BCUT2D eigenvalue weighted by Gasteiger charge is 2.53. The largest absolute Gasteiger partial charge is 0.345 e. The van der Waals surface area contributed by atoms with Gasteiger partial charge < -0.3 is 0 Å². The van der Waals surface area contributed by atoms with Crippen molar-refractivity contribution >= 4 is 16.4 Å². The summed E-state index contributed by atoms with van der Waals surface area (Å²) < 4.78 is 4.40. The van der Waals surface area contributed by atoms with Crippen molar-refractivity contribution in [3.05, 3.63) is 58.1 Å². The molecule has 0 saturated heterocycles. The Bertz CT molecular complexity index is 1160. The van der Waals surface area contributed by atoms with Crippen LogP contribution < -0.4 is 10.1 Å². The summed E-state index contributed by atoms with van der Waals surface area (Å²) in [6, 6.07) is 8.76. The molecule has 0 fully saturated rings. The molecule has 160 valence electrons. The molecule has 1 aromatic carbocycles. The molecule has 3 heterocycles. The van der Waals surface area contributed by atoms with Gasteiger partial charge in [0.25, 0.3) is 5.65 Å². The smallest absolute Gasteiger partial charge is 0.241 e. The summed E-state index contributed by atoms with van der Waals surface area (Å²) in [6.45, 7) is 13.9. The third kappa shape index (κ3) is 2.70. The van der Waals surface area contributed by atoms with E-state index in [0.29, 0.717) is 0 Å². The molecule has 3 unspecified atom stereocenters. The Morgan fingerprint density at radius 1 is 1.07 bits per heavy atom. The van der Waals surface area contributed by atoms with Crippen molar-refractivity contribution in [2.45, 2.75) is 96.9 Å². The minimum absolute atomic E-state index is 0.000883. The van der Waals surface area contributed by atoms with Crippen molar-refractivity contribution in [1.29, 1.82) is 0 Å². The van der Waals surface area contributed by atoms with E-state index in [4.69, 9.17) is 0 Å². The molecule has 3 aromatic rings. The van der Waals surface area contributed by atoms with Crippen LogP contribution in [0.1, 0.15) is 97.1 Å². The molecule has 3 heteroatoms. The summed E-state index contributed by atoms with van der Waals surface area (Å²) in [6.07, 6.45) is 11.0. The van der Waals surface area contributed by atoms with Crippen LogP contribution in [0.25, 0.3) is 16.4 Å². The number of aromatic nitrogens is 2. The van der Waals surface area contributed by atoms with Crippen molar-refractivity contribution < 1.29 is 4.57 Å². The maximum atomic E-state index is 13.6. The van der Waals surface area contributed by atoms with E-state index >= 15 is 0 Å². The van der Waals surface area contributed by atoms with Gasteiger partial charge >= 0.3 is 5.56 Å². The fourth-order valence-corrected chi connectivity index (χ4v) is 5.82. The zero-order valence-corrected chi connectivity index (χ0v) is 19.6. The summed E-state index contributed by atoms with van der Waals surface area (Å²) in [5.41, 5.74) is 3.46. The Balaban J connectivity index is 2.10. The second kappa shape index (κ2) is 7.51. The van der Waals surface area contributed by atoms with Crippen LogP contribution in [-0.4, -0.2) is 4.40 Å². The van der Waals surface area contributed by atoms with Gasteiger partial charge in [0.2, 0.25) is 0 Å². The van der Waals surface area contributed by atoms with Gasteiger partial charge in [-0.1, -0.05) is 72.1 Å². The zero-order chi connectivity index (χ0) is 21.7. The van der Waals surface area contributed by atoms with Gasteiger partial charge in [0.1, 0.15) is 17.9 Å². The highest BCUT2D eigenvalue weighted by atomic mass is 16.1. The fraction of sp³-hybridized carbons (Fsp3) is 0.556. The molecule has 1 aliphatic rings. The predicted octanol–water partition coefficient (Wildman–Crippen LogP) is 6.23. The second-order valence-corrected chi connectivity index (χ2v) is 9.75. The summed E-state index contributed by atoms with van der Waals surface area (Å²) >= 11 is 0. The Hall–Kier alpha value is -2.16. The van der Waals surface area contributed by atoms with Crippen LogP contribution in [-0.2, 0) is 11.0 Å². The van der Waals surface area contributed by atoms with Crippen LogP contribution in [0.4, 0.5) is 0 Å². The van der Waals surface area contributed by atoms with E-state index in [9.17, 15) is 4.79 Å². The van der Waals surface area contributed by atoms with Gasteiger partial charge in [-0.15, -0.1) is 0 Å². The first-order chi connectivity index (χ1) is 14.3. The highest BCUT2D eigenvalue weighted by molar-refractivity contribution is 5.96. The van der Waals surface area contributed by atoms with Crippen LogP contribution >= 0.6 is 0 Å². The number of hydrogen-bond donors (Lipinski definition) is 0. The summed E-state index contributed by atoms with van der Waals surface area (Å²) in [7, 11) is 0. The lowest BCUT2D eigenvalue weighted by Crippen LogP contribution is -2.67. The van der Waals surface area contributed by atoms with E-state index in [1.807, 2.05) is 10.6 Å². The first kappa shape index (κ1) is 21.1. The minimum atomic E-state index is -0.0960. The first-order valence-corrected chi connectivity index (χ1v) is 11.9. The molecule has 30 heavy (non-hydrogen) atoms. The van der Waals surface area contributed by atoms with Crippen molar-refractivity contribution in [1.82, 2.24) is 4.40 Å². The first-order valence-electron chi connectivity index (χ1n) is 11.9. The number of pyridine rings is 1. The van der Waals surface area contributed by atoms with Gasteiger partial charge in [-0.2, -0.15) is 4.40 Å². The minimum Gasteiger partial charge on any atom is -0.241 e. The summed E-state index contributed by atoms with van der Waals surface area (Å²) in [5.74, 6) is 0.270. The molecule has 2 aromatic heterocycles. The van der Waals surface area contributed by atoms with Gasteiger partial charge in [0, 0.05) is 5.41 Å². The molecular formula is C27H37N2O+. The monoisotopic (exact) mass is 405 g/mol. The number of unbranched alkanes of at least 4 members (excludes halogenated alkanes) is 2. The topological polar surface area (TPSA) is 25.4 Å². The fourth-order valence-electron chi connectivity index (χ4n) is 5.82. The van der Waals surface area contributed by atoms with Gasteiger partial charge in [-0.05, 0) is 49.1 Å². The lowest BCUT2D eigenvalue weighted by molar-refractivity contribution is -0.754. The number of benzene rings is 1. The maximum Gasteiger partial charge on any atom is 0.345 e. The third-order valence-corrected chi connectivity index (χ3v) is 8.40. The Labute approximate surface area is 180 Å². The molecule has 3 nitrogen and oxygen atoms in total. The van der Waals surface area contributed by atoms with Gasteiger partial charge in [0.15, 0.2) is 0 Å². The molecule has 0 bridgehead atoms. The van der Waals surface area contributed by atoms with Crippen molar-refractivity contribution in [3.8, 4) is 0 Å².